The summed E-state index contributed by atoms with van der Waals surface area (Å²) in [4.78, 5) is 16.5. The predicted molar refractivity (Wildman–Crippen MR) is 252 cm³/mol. The van der Waals surface area contributed by atoms with Crippen molar-refractivity contribution in [2.45, 2.75) is 43.6 Å². The van der Waals surface area contributed by atoms with Crippen LogP contribution in [0.1, 0.15) is 38.5 Å². The summed E-state index contributed by atoms with van der Waals surface area (Å²) in [5, 5.41) is 9.44. The molecule has 7 aromatic carbocycles. The minimum absolute atomic E-state index is 0.227. The summed E-state index contributed by atoms with van der Waals surface area (Å²) >= 11 is 0. The summed E-state index contributed by atoms with van der Waals surface area (Å²) in [6.45, 7) is 0. The van der Waals surface area contributed by atoms with E-state index in [4.69, 9.17) is 15.0 Å². The first-order valence-electron chi connectivity index (χ1n) is 22.1. The highest BCUT2D eigenvalue weighted by Crippen LogP contribution is 2.67. The molecule has 0 atom stereocenters. The maximum absolute atomic E-state index is 5.52. The summed E-state index contributed by atoms with van der Waals surface area (Å²) in [6, 6.07) is 67.4. The van der Waals surface area contributed by atoms with E-state index in [1.807, 2.05) is 0 Å². The quantitative estimate of drug-likeness (QED) is 0.119. The molecule has 61 heavy (non-hydrogen) atoms. The van der Waals surface area contributed by atoms with E-state index >= 15 is 0 Å². The second-order valence-corrected chi connectivity index (χ2v) is 22.6. The summed E-state index contributed by atoms with van der Waals surface area (Å²) in [7, 11) is -2.70. The van der Waals surface area contributed by atoms with Gasteiger partial charge in [-0.25, -0.2) is 0 Å². The summed E-state index contributed by atoms with van der Waals surface area (Å²) in [6.07, 6.45) is 8.20. The van der Waals surface area contributed by atoms with Crippen molar-refractivity contribution in [2.24, 2.45) is 17.8 Å². The van der Waals surface area contributed by atoms with Gasteiger partial charge in [-0.2, -0.15) is 15.0 Å². The fourth-order valence-electron chi connectivity index (χ4n) is 13.2. The SMILES string of the molecule is c1ccc([Si](c2ccccc2)(c2cccc(-c3nc(-n4c5ccccc5c5ccccc54)nc(-n4c5ccccc5c5ccccc54)n3)c2)C23CC4CC(CC(C4)C2)C3)cc1. The van der Waals surface area contributed by atoms with Gasteiger partial charge in [0.1, 0.15) is 0 Å². The lowest BCUT2D eigenvalue weighted by atomic mass is 9.56. The van der Waals surface area contributed by atoms with Crippen molar-refractivity contribution < 1.29 is 0 Å². The molecule has 4 aliphatic carbocycles. The van der Waals surface area contributed by atoms with Crippen molar-refractivity contribution in [1.29, 1.82) is 0 Å². The molecule has 0 saturated heterocycles. The molecule has 3 aromatic heterocycles. The first kappa shape index (κ1) is 35.2. The maximum atomic E-state index is 5.52. The van der Waals surface area contributed by atoms with Crippen LogP contribution in [0.5, 0.6) is 0 Å². The summed E-state index contributed by atoms with van der Waals surface area (Å²) in [5.74, 6) is 4.36. The molecule has 4 fully saturated rings. The van der Waals surface area contributed by atoms with E-state index < -0.39 is 8.07 Å². The van der Waals surface area contributed by atoms with E-state index in [0.717, 1.165) is 45.4 Å². The first-order valence-corrected chi connectivity index (χ1v) is 24.1. The fraction of sp³-hybridized carbons (Fsp3) is 0.182. The van der Waals surface area contributed by atoms with Crippen LogP contribution >= 0.6 is 0 Å². The van der Waals surface area contributed by atoms with Gasteiger partial charge in [0.05, 0.1) is 22.1 Å². The van der Waals surface area contributed by atoms with Crippen LogP contribution in [0.25, 0.3) is 66.9 Å². The molecule has 0 amide bonds. The van der Waals surface area contributed by atoms with Gasteiger partial charge in [-0.05, 0) is 101 Å². The van der Waals surface area contributed by atoms with Crippen molar-refractivity contribution in [3.8, 4) is 23.3 Å². The molecular weight excluding hydrogens is 759 g/mol. The van der Waals surface area contributed by atoms with Crippen LogP contribution in [0.4, 0.5) is 0 Å². The topological polar surface area (TPSA) is 48.5 Å². The Balaban J connectivity index is 1.10. The van der Waals surface area contributed by atoms with Gasteiger partial charge in [-0.1, -0.05) is 158 Å². The van der Waals surface area contributed by atoms with Crippen LogP contribution in [0, 0.1) is 17.8 Å². The Kier molecular flexibility index (Phi) is 7.74. The molecule has 0 unspecified atom stereocenters. The number of benzene rings is 7. The lowest BCUT2D eigenvalue weighted by Crippen LogP contribution is -2.76. The average molecular weight is 804 g/mol. The van der Waals surface area contributed by atoms with Crippen LogP contribution in [0.15, 0.2) is 182 Å². The molecule has 4 bridgehead atoms. The van der Waals surface area contributed by atoms with Gasteiger partial charge in [0.2, 0.25) is 11.9 Å². The normalized spacial score (nSPS) is 21.0. The zero-order valence-electron chi connectivity index (χ0n) is 34.0. The van der Waals surface area contributed by atoms with E-state index in [-0.39, 0.29) is 5.04 Å². The Morgan fingerprint density at radius 2 is 0.770 bits per heavy atom. The molecule has 0 N–H and O–H groups in total. The number of hydrogen-bond acceptors (Lipinski definition) is 3. The molecule has 14 rings (SSSR count). The molecule has 4 aliphatic rings. The zero-order valence-corrected chi connectivity index (χ0v) is 35.0. The Hall–Kier alpha value is -6.63. The summed E-state index contributed by atoms with van der Waals surface area (Å²) < 4.78 is 4.47. The number of aromatic nitrogens is 5. The maximum Gasteiger partial charge on any atom is 0.240 e. The molecule has 6 heteroatoms. The Morgan fingerprint density at radius 1 is 0.393 bits per heavy atom. The second-order valence-electron chi connectivity index (χ2n) is 18.3. The Labute approximate surface area is 356 Å². The highest BCUT2D eigenvalue weighted by atomic mass is 28.3. The Bertz CT molecular complexity index is 3000. The van der Waals surface area contributed by atoms with E-state index in [0.29, 0.717) is 17.7 Å². The van der Waals surface area contributed by atoms with E-state index in [1.54, 1.807) is 0 Å². The molecule has 5 nitrogen and oxygen atoms in total. The first-order chi connectivity index (χ1) is 30.2. The number of rotatable bonds is 7. The zero-order chi connectivity index (χ0) is 40.1. The molecular formula is C55H45N5Si. The fourth-order valence-corrected chi connectivity index (χ4v) is 19.9. The Morgan fingerprint density at radius 3 is 1.20 bits per heavy atom. The molecule has 0 spiro atoms. The third kappa shape index (κ3) is 5.15. The molecule has 0 radical (unpaired) electrons. The lowest BCUT2D eigenvalue weighted by Gasteiger charge is -2.63. The third-order valence-corrected chi connectivity index (χ3v) is 20.8. The van der Waals surface area contributed by atoms with Crippen molar-refractivity contribution >= 4 is 67.2 Å². The van der Waals surface area contributed by atoms with Crippen LogP contribution in [-0.4, -0.2) is 32.2 Å². The molecule has 294 valence electrons. The monoisotopic (exact) mass is 803 g/mol. The van der Waals surface area contributed by atoms with E-state index in [2.05, 4.69) is 191 Å². The number of para-hydroxylation sites is 4. The smallest absolute Gasteiger partial charge is 0.240 e. The molecule has 0 aliphatic heterocycles. The number of nitrogens with zero attached hydrogens (tertiary/aromatic N) is 5. The highest BCUT2D eigenvalue weighted by molar-refractivity contribution is 7.13. The van der Waals surface area contributed by atoms with Crippen molar-refractivity contribution in [1.82, 2.24) is 24.1 Å². The minimum atomic E-state index is -2.70. The largest absolute Gasteiger partial charge is 0.278 e. The standard InChI is InChI=1S/C55H45N5Si/c1-3-17-41(18-4-1)61(42-19-5-2-6-20-42,55-34-37-30-38(35-55)32-39(31-37)36-55)43-21-15-16-40(33-43)52-56-53(59-48-26-11-7-22-44(48)45-23-8-12-27-49(45)59)58-54(57-52)60-50-28-13-9-24-46(50)47-25-10-14-29-51(47)60/h1-29,33,37-39H,30-32,34-36H2. The van der Waals surface area contributed by atoms with Crippen LogP contribution in [0.3, 0.4) is 0 Å². The van der Waals surface area contributed by atoms with Gasteiger partial charge in [0.15, 0.2) is 13.9 Å². The van der Waals surface area contributed by atoms with Gasteiger partial charge < -0.3 is 0 Å². The van der Waals surface area contributed by atoms with Gasteiger partial charge in [-0.15, -0.1) is 0 Å². The minimum Gasteiger partial charge on any atom is -0.278 e. The van der Waals surface area contributed by atoms with E-state index in [1.165, 1.54) is 75.6 Å². The van der Waals surface area contributed by atoms with Gasteiger partial charge in [0, 0.05) is 27.1 Å². The average Bonchev–Trinajstić information content (AvgIpc) is 3.83. The van der Waals surface area contributed by atoms with Crippen LogP contribution in [-0.2, 0) is 0 Å². The molecule has 10 aromatic rings. The van der Waals surface area contributed by atoms with Crippen LogP contribution in [0.2, 0.25) is 5.04 Å². The van der Waals surface area contributed by atoms with Gasteiger partial charge >= 0.3 is 0 Å². The van der Waals surface area contributed by atoms with Crippen molar-refractivity contribution in [2.75, 3.05) is 0 Å². The number of hydrogen-bond donors (Lipinski definition) is 0. The highest BCUT2D eigenvalue weighted by Gasteiger charge is 2.63. The lowest BCUT2D eigenvalue weighted by molar-refractivity contribution is 0.0267. The van der Waals surface area contributed by atoms with Crippen molar-refractivity contribution in [3.63, 3.8) is 0 Å². The second kappa shape index (κ2) is 13.4. The van der Waals surface area contributed by atoms with E-state index in [9.17, 15) is 0 Å². The third-order valence-electron chi connectivity index (χ3n) is 15.0. The van der Waals surface area contributed by atoms with Crippen LogP contribution < -0.4 is 15.6 Å². The summed E-state index contributed by atoms with van der Waals surface area (Å²) in [5.41, 5.74) is 5.32. The molecule has 4 saturated carbocycles. The predicted octanol–water partition coefficient (Wildman–Crippen LogP) is 11.2. The molecule has 3 heterocycles. The van der Waals surface area contributed by atoms with Crippen molar-refractivity contribution in [3.05, 3.63) is 182 Å². The van der Waals surface area contributed by atoms with Gasteiger partial charge in [-0.3, -0.25) is 9.13 Å². The van der Waals surface area contributed by atoms with Gasteiger partial charge in [0.25, 0.3) is 0 Å². The number of fused-ring (bicyclic) bond motifs is 6.